The van der Waals surface area contributed by atoms with Crippen LogP contribution in [0.1, 0.15) is 40.7 Å². The van der Waals surface area contributed by atoms with Gasteiger partial charge in [0.2, 0.25) is 15.9 Å². The fourth-order valence-electron chi connectivity index (χ4n) is 3.35. The Hall–Kier alpha value is -2.97. The molecular formula is C23H27N3O4S. The first-order chi connectivity index (χ1) is 14.8. The Kier molecular flexibility index (Phi) is 7.25. The van der Waals surface area contributed by atoms with Crippen LogP contribution >= 0.6 is 0 Å². The highest BCUT2D eigenvalue weighted by Crippen LogP contribution is 2.20. The minimum Gasteiger partial charge on any atom is -0.273 e. The molecule has 164 valence electrons. The number of allylic oxidation sites excluding steroid dienone is 2. The SMILES string of the molecule is Cc1ccc(S(=O)(=O)N(C)Cc2ccc(C(=O)NNC(=O)C[C@H]3C=CCC3)cc2)cc1. The van der Waals surface area contributed by atoms with Gasteiger partial charge in [0.25, 0.3) is 5.91 Å². The summed E-state index contributed by atoms with van der Waals surface area (Å²) in [4.78, 5) is 24.4. The van der Waals surface area contributed by atoms with Gasteiger partial charge in [0.1, 0.15) is 0 Å². The number of aryl methyl sites for hydroxylation is 1. The first-order valence-electron chi connectivity index (χ1n) is 10.1. The second-order valence-electron chi connectivity index (χ2n) is 7.74. The molecule has 0 radical (unpaired) electrons. The van der Waals surface area contributed by atoms with E-state index in [9.17, 15) is 18.0 Å². The van der Waals surface area contributed by atoms with Gasteiger partial charge in [-0.3, -0.25) is 20.4 Å². The van der Waals surface area contributed by atoms with Gasteiger partial charge in [-0.15, -0.1) is 0 Å². The molecule has 2 aromatic carbocycles. The van der Waals surface area contributed by atoms with Crippen molar-refractivity contribution in [2.24, 2.45) is 5.92 Å². The Bertz CT molecular complexity index is 1060. The summed E-state index contributed by atoms with van der Waals surface area (Å²) in [5.41, 5.74) is 6.95. The van der Waals surface area contributed by atoms with Crippen LogP contribution in [0.4, 0.5) is 0 Å². The van der Waals surface area contributed by atoms with Gasteiger partial charge in [-0.25, -0.2) is 8.42 Å². The van der Waals surface area contributed by atoms with Crippen LogP contribution in [0.2, 0.25) is 0 Å². The number of nitrogens with zero attached hydrogens (tertiary/aromatic N) is 1. The van der Waals surface area contributed by atoms with Crippen LogP contribution in [-0.4, -0.2) is 31.6 Å². The van der Waals surface area contributed by atoms with Gasteiger partial charge in [-0.1, -0.05) is 42.0 Å². The molecule has 2 amide bonds. The highest BCUT2D eigenvalue weighted by atomic mass is 32.2. The van der Waals surface area contributed by atoms with Crippen molar-refractivity contribution in [3.63, 3.8) is 0 Å². The Morgan fingerprint density at radius 1 is 1.03 bits per heavy atom. The minimum atomic E-state index is -3.61. The molecule has 0 bridgehead atoms. The molecular weight excluding hydrogens is 414 g/mol. The molecule has 2 N–H and O–H groups in total. The average molecular weight is 442 g/mol. The zero-order valence-corrected chi connectivity index (χ0v) is 18.5. The van der Waals surface area contributed by atoms with Crippen LogP contribution in [0, 0.1) is 12.8 Å². The fraction of sp³-hybridized carbons (Fsp3) is 0.304. The summed E-state index contributed by atoms with van der Waals surface area (Å²) in [6.07, 6.45) is 6.37. The van der Waals surface area contributed by atoms with Crippen LogP contribution in [0.5, 0.6) is 0 Å². The van der Waals surface area contributed by atoms with Gasteiger partial charge < -0.3 is 0 Å². The van der Waals surface area contributed by atoms with Crippen molar-refractivity contribution >= 4 is 21.8 Å². The number of benzene rings is 2. The van der Waals surface area contributed by atoms with Gasteiger partial charge in [-0.2, -0.15) is 4.31 Å². The highest BCUT2D eigenvalue weighted by molar-refractivity contribution is 7.89. The van der Waals surface area contributed by atoms with Gasteiger partial charge in [0.15, 0.2) is 0 Å². The zero-order chi connectivity index (χ0) is 22.4. The van der Waals surface area contributed by atoms with Crippen molar-refractivity contribution in [1.82, 2.24) is 15.2 Å². The lowest BCUT2D eigenvalue weighted by atomic mass is 10.1. The van der Waals surface area contributed by atoms with Gasteiger partial charge in [0.05, 0.1) is 4.90 Å². The van der Waals surface area contributed by atoms with Gasteiger partial charge >= 0.3 is 0 Å². The first kappa shape index (κ1) is 22.7. The fourth-order valence-corrected chi connectivity index (χ4v) is 4.51. The molecule has 31 heavy (non-hydrogen) atoms. The lowest BCUT2D eigenvalue weighted by Crippen LogP contribution is -2.42. The molecule has 0 fully saturated rings. The van der Waals surface area contributed by atoms with Crippen molar-refractivity contribution in [2.45, 2.75) is 37.6 Å². The molecule has 1 aliphatic rings. The van der Waals surface area contributed by atoms with E-state index in [2.05, 4.69) is 16.9 Å². The quantitative estimate of drug-likeness (QED) is 0.510. The number of amides is 2. The molecule has 0 unspecified atom stereocenters. The first-order valence-corrected chi connectivity index (χ1v) is 11.6. The van der Waals surface area contributed by atoms with Crippen molar-refractivity contribution in [2.75, 3.05) is 7.05 Å². The van der Waals surface area contributed by atoms with E-state index < -0.39 is 15.9 Å². The maximum atomic E-state index is 12.7. The van der Waals surface area contributed by atoms with E-state index in [1.165, 1.54) is 11.4 Å². The van der Waals surface area contributed by atoms with Crippen molar-refractivity contribution in [3.8, 4) is 0 Å². The molecule has 0 saturated heterocycles. The largest absolute Gasteiger partial charge is 0.273 e. The Labute approximate surface area is 183 Å². The number of rotatable bonds is 7. The van der Waals surface area contributed by atoms with Gasteiger partial charge in [0, 0.05) is 25.6 Å². The molecule has 0 aromatic heterocycles. The topological polar surface area (TPSA) is 95.6 Å². The molecule has 0 spiro atoms. The molecule has 0 heterocycles. The highest BCUT2D eigenvalue weighted by Gasteiger charge is 2.21. The third kappa shape index (κ3) is 6.02. The summed E-state index contributed by atoms with van der Waals surface area (Å²) in [7, 11) is -2.09. The number of hydrazine groups is 1. The van der Waals surface area contributed by atoms with Crippen LogP contribution < -0.4 is 10.9 Å². The summed E-state index contributed by atoms with van der Waals surface area (Å²) in [5, 5.41) is 0. The van der Waals surface area contributed by atoms with E-state index in [0.29, 0.717) is 12.0 Å². The summed E-state index contributed by atoms with van der Waals surface area (Å²) in [6, 6.07) is 13.3. The zero-order valence-electron chi connectivity index (χ0n) is 17.7. The van der Waals surface area contributed by atoms with Crippen molar-refractivity contribution in [3.05, 3.63) is 77.4 Å². The predicted molar refractivity (Wildman–Crippen MR) is 118 cm³/mol. The van der Waals surface area contributed by atoms with Crippen LogP contribution in [0.15, 0.2) is 65.6 Å². The predicted octanol–water partition coefficient (Wildman–Crippen LogP) is 2.93. The third-order valence-electron chi connectivity index (χ3n) is 5.23. The van der Waals surface area contributed by atoms with E-state index in [1.54, 1.807) is 48.5 Å². The van der Waals surface area contributed by atoms with E-state index in [-0.39, 0.29) is 23.3 Å². The molecule has 2 aromatic rings. The molecule has 8 heteroatoms. The Morgan fingerprint density at radius 3 is 2.32 bits per heavy atom. The lowest BCUT2D eigenvalue weighted by molar-refractivity contribution is -0.122. The second kappa shape index (κ2) is 9.89. The number of nitrogens with one attached hydrogen (secondary N) is 2. The van der Waals surface area contributed by atoms with E-state index in [0.717, 1.165) is 24.0 Å². The Balaban J connectivity index is 1.54. The molecule has 0 saturated carbocycles. The second-order valence-corrected chi connectivity index (χ2v) is 9.79. The molecule has 1 atom stereocenters. The third-order valence-corrected chi connectivity index (χ3v) is 7.04. The lowest BCUT2D eigenvalue weighted by Gasteiger charge is -2.17. The van der Waals surface area contributed by atoms with Crippen molar-refractivity contribution < 1.29 is 18.0 Å². The van der Waals surface area contributed by atoms with Gasteiger partial charge in [-0.05, 0) is 55.5 Å². The molecule has 7 nitrogen and oxygen atoms in total. The number of sulfonamides is 1. The summed E-state index contributed by atoms with van der Waals surface area (Å²) in [5.74, 6) is -0.434. The van der Waals surface area contributed by atoms with E-state index in [4.69, 9.17) is 0 Å². The van der Waals surface area contributed by atoms with E-state index in [1.807, 2.05) is 13.0 Å². The minimum absolute atomic E-state index is 0.170. The molecule has 1 aliphatic carbocycles. The van der Waals surface area contributed by atoms with Crippen LogP contribution in [0.25, 0.3) is 0 Å². The maximum Gasteiger partial charge on any atom is 0.269 e. The summed E-state index contributed by atoms with van der Waals surface area (Å²) in [6.45, 7) is 2.07. The number of carbonyl (C=O) groups is 2. The van der Waals surface area contributed by atoms with Crippen molar-refractivity contribution in [1.29, 1.82) is 0 Å². The van der Waals surface area contributed by atoms with Crippen LogP contribution in [-0.2, 0) is 21.4 Å². The normalized spacial score (nSPS) is 15.8. The number of hydrogen-bond donors (Lipinski definition) is 2. The summed E-state index contributed by atoms with van der Waals surface area (Å²) < 4.78 is 26.7. The number of carbonyl (C=O) groups excluding carboxylic acids is 2. The average Bonchev–Trinajstić information content (AvgIpc) is 3.26. The smallest absolute Gasteiger partial charge is 0.269 e. The molecule has 3 rings (SSSR count). The summed E-state index contributed by atoms with van der Waals surface area (Å²) >= 11 is 0. The maximum absolute atomic E-state index is 12.7. The van der Waals surface area contributed by atoms with Crippen LogP contribution in [0.3, 0.4) is 0 Å². The monoisotopic (exact) mass is 441 g/mol. The molecule has 0 aliphatic heterocycles. The van der Waals surface area contributed by atoms with E-state index >= 15 is 0 Å². The number of hydrogen-bond acceptors (Lipinski definition) is 4. The standard InChI is InChI=1S/C23H27N3O4S/c1-17-7-13-21(14-8-17)31(29,30)26(2)16-19-9-11-20(12-10-19)23(28)25-24-22(27)15-18-5-3-4-6-18/h3,5,7-14,18H,4,6,15-16H2,1-2H3,(H,24,27)(H,25,28)/t18-/m0/s1. The Morgan fingerprint density at radius 2 is 1.71 bits per heavy atom.